The van der Waals surface area contributed by atoms with E-state index in [0.717, 1.165) is 59.0 Å². The summed E-state index contributed by atoms with van der Waals surface area (Å²) < 4.78 is 21.2. The van der Waals surface area contributed by atoms with Crippen molar-refractivity contribution in [3.63, 3.8) is 0 Å². The van der Waals surface area contributed by atoms with Gasteiger partial charge < -0.3 is 24.3 Å². The van der Waals surface area contributed by atoms with Crippen LogP contribution in [0.4, 0.5) is 0 Å². The molecule has 0 amide bonds. The van der Waals surface area contributed by atoms with Crippen molar-refractivity contribution in [2.24, 2.45) is 0 Å². The maximum absolute atomic E-state index is 5.43. The van der Waals surface area contributed by atoms with Crippen molar-refractivity contribution < 1.29 is 18.9 Å². The smallest absolute Gasteiger partial charge is 0.0701 e. The van der Waals surface area contributed by atoms with E-state index >= 15 is 0 Å². The molecule has 19 heavy (non-hydrogen) atoms. The zero-order valence-electron chi connectivity index (χ0n) is 12.6. The lowest BCUT2D eigenvalue weighted by Gasteiger charge is -2.07. The molecule has 0 aromatic carbocycles. The Kier molecular flexibility index (Phi) is 17.6. The van der Waals surface area contributed by atoms with E-state index in [1.807, 2.05) is 0 Å². The predicted octanol–water partition coefficient (Wildman–Crippen LogP) is 1.46. The van der Waals surface area contributed by atoms with Crippen LogP contribution in [-0.2, 0) is 18.9 Å². The Hall–Kier alpha value is -0.200. The lowest BCUT2D eigenvalue weighted by atomic mass is 10.4. The van der Waals surface area contributed by atoms with Gasteiger partial charge in [0.1, 0.15) is 0 Å². The number of unbranched alkanes of at least 4 members (excludes halogenated alkanes) is 1. The first-order valence-corrected chi connectivity index (χ1v) is 7.34. The molecule has 0 aliphatic heterocycles. The number of rotatable bonds is 16. The summed E-state index contributed by atoms with van der Waals surface area (Å²) in [5.41, 5.74) is 0. The van der Waals surface area contributed by atoms with Crippen molar-refractivity contribution >= 4 is 0 Å². The Bertz CT molecular complexity index is 142. The van der Waals surface area contributed by atoms with E-state index in [9.17, 15) is 0 Å². The maximum atomic E-state index is 5.43. The molecule has 116 valence electrons. The average Bonchev–Trinajstić information content (AvgIpc) is 2.43. The van der Waals surface area contributed by atoms with Crippen LogP contribution < -0.4 is 5.32 Å². The molecule has 0 saturated heterocycles. The molecule has 0 unspecified atom stereocenters. The average molecular weight is 277 g/mol. The van der Waals surface area contributed by atoms with Crippen LogP contribution in [0.15, 0.2) is 0 Å². The van der Waals surface area contributed by atoms with Gasteiger partial charge in [-0.3, -0.25) is 0 Å². The van der Waals surface area contributed by atoms with Crippen LogP contribution in [0, 0.1) is 0 Å². The van der Waals surface area contributed by atoms with Crippen LogP contribution in [0.2, 0.25) is 0 Å². The number of hydrogen-bond acceptors (Lipinski definition) is 5. The SMILES string of the molecule is CCCCOCCNCCOCCOCCCOC. The zero-order chi connectivity index (χ0) is 14.0. The minimum Gasteiger partial charge on any atom is -0.385 e. The molecule has 0 radical (unpaired) electrons. The van der Waals surface area contributed by atoms with Crippen LogP contribution >= 0.6 is 0 Å². The van der Waals surface area contributed by atoms with Gasteiger partial charge in [0.2, 0.25) is 0 Å². The lowest BCUT2D eigenvalue weighted by Crippen LogP contribution is -2.24. The first-order valence-electron chi connectivity index (χ1n) is 7.34. The van der Waals surface area contributed by atoms with Gasteiger partial charge >= 0.3 is 0 Å². The molecule has 0 aliphatic carbocycles. The summed E-state index contributed by atoms with van der Waals surface area (Å²) in [5, 5.41) is 3.27. The summed E-state index contributed by atoms with van der Waals surface area (Å²) in [5.74, 6) is 0. The fourth-order valence-electron chi connectivity index (χ4n) is 1.39. The third-order valence-corrected chi connectivity index (χ3v) is 2.50. The first kappa shape index (κ1) is 18.8. The molecule has 0 atom stereocenters. The van der Waals surface area contributed by atoms with Crippen molar-refractivity contribution in [1.29, 1.82) is 0 Å². The highest BCUT2D eigenvalue weighted by molar-refractivity contribution is 4.45. The minimum atomic E-state index is 0.654. The Morgan fingerprint density at radius 1 is 0.684 bits per heavy atom. The Morgan fingerprint density at radius 2 is 1.26 bits per heavy atom. The van der Waals surface area contributed by atoms with E-state index in [1.165, 1.54) is 6.42 Å². The molecule has 1 N–H and O–H groups in total. The molecular formula is C14H31NO4. The number of nitrogens with one attached hydrogen (secondary N) is 1. The second-order valence-corrected chi connectivity index (χ2v) is 4.29. The fraction of sp³-hybridized carbons (Fsp3) is 1.00. The molecule has 0 rings (SSSR count). The second kappa shape index (κ2) is 17.8. The van der Waals surface area contributed by atoms with Crippen molar-refractivity contribution in [3.8, 4) is 0 Å². The van der Waals surface area contributed by atoms with Crippen LogP contribution in [-0.4, -0.2) is 66.4 Å². The van der Waals surface area contributed by atoms with Crippen molar-refractivity contribution in [2.75, 3.05) is 66.4 Å². The molecule has 5 nitrogen and oxygen atoms in total. The topological polar surface area (TPSA) is 49.0 Å². The predicted molar refractivity (Wildman–Crippen MR) is 76.7 cm³/mol. The highest BCUT2D eigenvalue weighted by atomic mass is 16.5. The van der Waals surface area contributed by atoms with E-state index in [-0.39, 0.29) is 0 Å². The summed E-state index contributed by atoms with van der Waals surface area (Å²) in [6.07, 6.45) is 3.28. The quantitative estimate of drug-likeness (QED) is 0.433. The highest BCUT2D eigenvalue weighted by Gasteiger charge is 1.92. The second-order valence-electron chi connectivity index (χ2n) is 4.29. The van der Waals surface area contributed by atoms with E-state index in [0.29, 0.717) is 13.2 Å². The van der Waals surface area contributed by atoms with E-state index < -0.39 is 0 Å². The molecule has 0 saturated carbocycles. The standard InChI is InChI=1S/C14H31NO4/c1-3-4-9-17-11-6-15-7-12-19-14-13-18-10-5-8-16-2/h15H,3-14H2,1-2H3. The fourth-order valence-corrected chi connectivity index (χ4v) is 1.39. The van der Waals surface area contributed by atoms with Gasteiger partial charge in [0.15, 0.2) is 0 Å². The van der Waals surface area contributed by atoms with Gasteiger partial charge in [-0.2, -0.15) is 0 Å². The van der Waals surface area contributed by atoms with E-state index in [2.05, 4.69) is 12.2 Å². The van der Waals surface area contributed by atoms with Crippen LogP contribution in [0.25, 0.3) is 0 Å². The number of methoxy groups -OCH3 is 1. The zero-order valence-corrected chi connectivity index (χ0v) is 12.6. The van der Waals surface area contributed by atoms with Gasteiger partial charge in [-0.05, 0) is 12.8 Å². The Labute approximate surface area is 117 Å². The highest BCUT2D eigenvalue weighted by Crippen LogP contribution is 1.86. The molecule has 0 heterocycles. The summed E-state index contributed by atoms with van der Waals surface area (Å²) in [7, 11) is 1.70. The molecule has 0 spiro atoms. The Morgan fingerprint density at radius 3 is 1.89 bits per heavy atom. The summed E-state index contributed by atoms with van der Waals surface area (Å²) in [4.78, 5) is 0. The molecule has 0 aromatic heterocycles. The minimum absolute atomic E-state index is 0.654. The molecular weight excluding hydrogens is 246 g/mol. The van der Waals surface area contributed by atoms with Crippen molar-refractivity contribution in [2.45, 2.75) is 26.2 Å². The number of hydrogen-bond donors (Lipinski definition) is 1. The van der Waals surface area contributed by atoms with Gasteiger partial charge in [0, 0.05) is 40.0 Å². The van der Waals surface area contributed by atoms with E-state index in [1.54, 1.807) is 7.11 Å². The molecule has 0 aromatic rings. The normalized spacial score (nSPS) is 11.1. The molecule has 0 fully saturated rings. The monoisotopic (exact) mass is 277 g/mol. The van der Waals surface area contributed by atoms with Gasteiger partial charge in [-0.25, -0.2) is 0 Å². The Balaban J connectivity index is 2.88. The van der Waals surface area contributed by atoms with Gasteiger partial charge in [-0.1, -0.05) is 13.3 Å². The third-order valence-electron chi connectivity index (χ3n) is 2.50. The van der Waals surface area contributed by atoms with Crippen LogP contribution in [0.1, 0.15) is 26.2 Å². The largest absolute Gasteiger partial charge is 0.385 e. The maximum Gasteiger partial charge on any atom is 0.0701 e. The third kappa shape index (κ3) is 17.8. The first-order chi connectivity index (χ1) is 9.41. The molecule has 0 bridgehead atoms. The van der Waals surface area contributed by atoms with E-state index in [4.69, 9.17) is 18.9 Å². The van der Waals surface area contributed by atoms with Gasteiger partial charge in [0.05, 0.1) is 26.4 Å². The molecule has 5 heteroatoms. The lowest BCUT2D eigenvalue weighted by molar-refractivity contribution is 0.0403. The van der Waals surface area contributed by atoms with Gasteiger partial charge in [0.25, 0.3) is 0 Å². The van der Waals surface area contributed by atoms with Crippen LogP contribution in [0.3, 0.4) is 0 Å². The number of ether oxygens (including phenoxy) is 4. The summed E-state index contributed by atoms with van der Waals surface area (Å²) in [6, 6.07) is 0. The van der Waals surface area contributed by atoms with Crippen molar-refractivity contribution in [3.05, 3.63) is 0 Å². The van der Waals surface area contributed by atoms with Gasteiger partial charge in [-0.15, -0.1) is 0 Å². The summed E-state index contributed by atoms with van der Waals surface area (Å²) in [6.45, 7) is 9.09. The summed E-state index contributed by atoms with van der Waals surface area (Å²) >= 11 is 0. The molecule has 0 aliphatic rings. The van der Waals surface area contributed by atoms with Crippen molar-refractivity contribution in [1.82, 2.24) is 5.32 Å². The van der Waals surface area contributed by atoms with Crippen LogP contribution in [0.5, 0.6) is 0 Å².